The number of thiophene rings is 1. The zero-order valence-corrected chi connectivity index (χ0v) is 28.3. The molecule has 0 atom stereocenters. The van der Waals surface area contributed by atoms with Crippen molar-refractivity contribution in [2.24, 2.45) is 0 Å². The van der Waals surface area contributed by atoms with Crippen LogP contribution in [0, 0.1) is 0 Å². The van der Waals surface area contributed by atoms with Crippen molar-refractivity contribution >= 4 is 70.1 Å². The number of anilines is 3. The van der Waals surface area contributed by atoms with Gasteiger partial charge in [0.2, 0.25) is 0 Å². The zero-order chi connectivity index (χ0) is 32.7. The number of hydrogen-bond acceptors (Lipinski definition) is 2. The minimum absolute atomic E-state index is 0.0523. The molecule has 0 saturated heterocycles. The van der Waals surface area contributed by atoms with E-state index in [1.54, 1.807) is 0 Å². The number of nitrogens with zero attached hydrogens (tertiary/aromatic N) is 1. The van der Waals surface area contributed by atoms with Gasteiger partial charge in [-0.3, -0.25) is 0 Å². The molecule has 10 rings (SSSR count). The van der Waals surface area contributed by atoms with Gasteiger partial charge in [0.25, 0.3) is 0 Å². The Morgan fingerprint density at radius 1 is 0.490 bits per heavy atom. The Morgan fingerprint density at radius 2 is 1.16 bits per heavy atom. The molecule has 1 aliphatic carbocycles. The van der Waals surface area contributed by atoms with Gasteiger partial charge in [-0.25, -0.2) is 0 Å². The zero-order valence-electron chi connectivity index (χ0n) is 27.4. The van der Waals surface area contributed by atoms with Gasteiger partial charge in [0.1, 0.15) is 0 Å². The van der Waals surface area contributed by atoms with E-state index in [0.29, 0.717) is 0 Å². The lowest BCUT2D eigenvalue weighted by molar-refractivity contribution is 0.661. The van der Waals surface area contributed by atoms with Gasteiger partial charge >= 0.3 is 0 Å². The predicted octanol–water partition coefficient (Wildman–Crippen LogP) is 13.8. The summed E-state index contributed by atoms with van der Waals surface area (Å²) in [6.45, 7) is 4.74. The van der Waals surface area contributed by atoms with Crippen molar-refractivity contribution in [3.63, 3.8) is 0 Å². The predicted molar refractivity (Wildman–Crippen MR) is 212 cm³/mol. The molecule has 1 nitrogen and oxygen atoms in total. The third-order valence-corrected chi connectivity index (χ3v) is 11.9. The summed E-state index contributed by atoms with van der Waals surface area (Å²) in [5, 5.41) is 7.77. The van der Waals surface area contributed by atoms with Crippen molar-refractivity contribution in [1.29, 1.82) is 0 Å². The third kappa shape index (κ3) is 4.24. The smallest absolute Gasteiger partial charge is 0.0640 e. The van der Waals surface area contributed by atoms with Crippen LogP contribution < -0.4 is 4.90 Å². The van der Waals surface area contributed by atoms with E-state index < -0.39 is 0 Å². The monoisotopic (exact) mass is 643 g/mol. The van der Waals surface area contributed by atoms with E-state index in [-0.39, 0.29) is 5.41 Å². The first-order valence-corrected chi connectivity index (χ1v) is 17.8. The highest BCUT2D eigenvalue weighted by Gasteiger charge is 2.36. The van der Waals surface area contributed by atoms with Gasteiger partial charge in [0.15, 0.2) is 0 Å². The molecule has 0 N–H and O–H groups in total. The van der Waals surface area contributed by atoms with E-state index in [1.165, 1.54) is 80.8 Å². The summed E-state index contributed by atoms with van der Waals surface area (Å²) in [7, 11) is 0. The Bertz CT molecular complexity index is 2730. The molecular formula is C47H33NS. The van der Waals surface area contributed by atoms with Gasteiger partial charge in [0, 0.05) is 32.3 Å². The molecule has 2 heteroatoms. The molecular weight excluding hydrogens is 611 g/mol. The fourth-order valence-electron chi connectivity index (χ4n) is 8.23. The largest absolute Gasteiger partial charge is 0.309 e. The van der Waals surface area contributed by atoms with Gasteiger partial charge in [-0.1, -0.05) is 141 Å². The highest BCUT2D eigenvalue weighted by atomic mass is 32.1. The van der Waals surface area contributed by atoms with Gasteiger partial charge in [-0.15, -0.1) is 11.3 Å². The molecule has 0 amide bonds. The number of rotatable bonds is 4. The molecule has 1 aliphatic rings. The SMILES string of the molecule is CC1(C)c2ccccc2-c2c1ccc1ccc3ccc(N(c4ccc(-c5ccccc5)cc4)c4cccc5c4sc4ccccc45)cc3c21. The van der Waals surface area contributed by atoms with Crippen molar-refractivity contribution < 1.29 is 0 Å². The van der Waals surface area contributed by atoms with Crippen molar-refractivity contribution in [2.45, 2.75) is 19.3 Å². The maximum Gasteiger partial charge on any atom is 0.0640 e. The van der Waals surface area contributed by atoms with E-state index in [4.69, 9.17) is 0 Å². The number of benzene rings is 8. The third-order valence-electron chi connectivity index (χ3n) is 10.6. The summed E-state index contributed by atoms with van der Waals surface area (Å²) in [6.07, 6.45) is 0. The van der Waals surface area contributed by atoms with Crippen LogP contribution in [0.2, 0.25) is 0 Å². The Kier molecular flexibility index (Phi) is 6.16. The minimum Gasteiger partial charge on any atom is -0.309 e. The van der Waals surface area contributed by atoms with Gasteiger partial charge in [-0.2, -0.15) is 0 Å². The topological polar surface area (TPSA) is 3.24 Å². The summed E-state index contributed by atoms with van der Waals surface area (Å²) < 4.78 is 2.61. The molecule has 0 saturated carbocycles. The fourth-order valence-corrected chi connectivity index (χ4v) is 9.44. The van der Waals surface area contributed by atoms with Crippen molar-refractivity contribution in [3.05, 3.63) is 175 Å². The lowest BCUT2D eigenvalue weighted by Crippen LogP contribution is -2.14. The van der Waals surface area contributed by atoms with Crippen LogP contribution >= 0.6 is 11.3 Å². The molecule has 1 heterocycles. The molecule has 0 fully saturated rings. The first-order valence-electron chi connectivity index (χ1n) is 17.0. The van der Waals surface area contributed by atoms with Crippen LogP contribution in [-0.4, -0.2) is 0 Å². The molecule has 0 bridgehead atoms. The van der Waals surface area contributed by atoms with E-state index in [2.05, 4.69) is 183 Å². The van der Waals surface area contributed by atoms with E-state index in [0.717, 1.165) is 11.4 Å². The van der Waals surface area contributed by atoms with Crippen LogP contribution in [0.4, 0.5) is 17.1 Å². The summed E-state index contributed by atoms with van der Waals surface area (Å²) >= 11 is 1.88. The first-order chi connectivity index (χ1) is 24.1. The average molecular weight is 644 g/mol. The number of fused-ring (bicyclic) bond motifs is 10. The molecule has 9 aromatic rings. The minimum atomic E-state index is -0.0523. The Hall–Kier alpha value is -5.70. The van der Waals surface area contributed by atoms with Crippen LogP contribution in [0.1, 0.15) is 25.0 Å². The van der Waals surface area contributed by atoms with Gasteiger partial charge < -0.3 is 4.90 Å². The number of hydrogen-bond donors (Lipinski definition) is 0. The second-order valence-electron chi connectivity index (χ2n) is 13.7. The van der Waals surface area contributed by atoms with Crippen molar-refractivity contribution in [3.8, 4) is 22.3 Å². The van der Waals surface area contributed by atoms with Crippen molar-refractivity contribution in [1.82, 2.24) is 0 Å². The first kappa shape index (κ1) is 28.3. The van der Waals surface area contributed by atoms with Crippen LogP contribution in [0.25, 0.3) is 64.0 Å². The second kappa shape index (κ2) is 10.7. The second-order valence-corrected chi connectivity index (χ2v) is 14.8. The Labute approximate surface area is 290 Å². The molecule has 1 aromatic heterocycles. The van der Waals surface area contributed by atoms with Crippen LogP contribution in [0.15, 0.2) is 164 Å². The molecule has 49 heavy (non-hydrogen) atoms. The Morgan fingerprint density at radius 3 is 2.04 bits per heavy atom. The summed E-state index contributed by atoms with van der Waals surface area (Å²) in [5.41, 5.74) is 11.4. The normalized spacial score (nSPS) is 13.3. The lowest BCUT2D eigenvalue weighted by Gasteiger charge is -2.27. The van der Waals surface area contributed by atoms with Crippen molar-refractivity contribution in [2.75, 3.05) is 4.90 Å². The summed E-state index contributed by atoms with van der Waals surface area (Å²) in [4.78, 5) is 2.46. The fraction of sp³-hybridized carbons (Fsp3) is 0.0638. The van der Waals surface area contributed by atoms with E-state index in [9.17, 15) is 0 Å². The molecule has 0 aliphatic heterocycles. The van der Waals surface area contributed by atoms with E-state index in [1.807, 2.05) is 11.3 Å². The van der Waals surface area contributed by atoms with Crippen LogP contribution in [0.5, 0.6) is 0 Å². The molecule has 8 aromatic carbocycles. The van der Waals surface area contributed by atoms with Crippen LogP contribution in [0.3, 0.4) is 0 Å². The lowest BCUT2D eigenvalue weighted by atomic mass is 9.82. The summed E-state index contributed by atoms with van der Waals surface area (Å²) in [6, 6.07) is 60.5. The molecule has 0 spiro atoms. The van der Waals surface area contributed by atoms with Gasteiger partial charge in [0.05, 0.1) is 10.4 Å². The highest BCUT2D eigenvalue weighted by molar-refractivity contribution is 7.26. The molecule has 0 radical (unpaired) electrons. The summed E-state index contributed by atoms with van der Waals surface area (Å²) in [5.74, 6) is 0. The van der Waals surface area contributed by atoms with E-state index >= 15 is 0 Å². The standard InChI is InChI=1S/C47H33NS/c1-47(2)40-16-8-6-14-38(40)45-41(47)28-24-33-20-19-32-23-27-35(29-39(32)44(33)45)48(34-25-21-31(22-26-34)30-11-4-3-5-12-30)42-17-10-15-37-36-13-7-9-18-43(36)49-46(37)42/h3-29H,1-2H3. The quantitative estimate of drug-likeness (QED) is 0.173. The highest BCUT2D eigenvalue weighted by Crippen LogP contribution is 2.53. The molecule has 232 valence electrons. The van der Waals surface area contributed by atoms with Crippen LogP contribution in [-0.2, 0) is 5.41 Å². The molecule has 0 unspecified atom stereocenters. The van der Waals surface area contributed by atoms with Gasteiger partial charge in [-0.05, 0) is 91.3 Å². The maximum absolute atomic E-state index is 2.46. The Balaban J connectivity index is 1.25. The average Bonchev–Trinajstić information content (AvgIpc) is 3.65. The maximum atomic E-state index is 2.46.